The van der Waals surface area contributed by atoms with Crippen molar-refractivity contribution in [1.29, 1.82) is 0 Å². The molecular formula is C35H39F2NO4. The van der Waals surface area contributed by atoms with Gasteiger partial charge in [0, 0.05) is 30.8 Å². The summed E-state index contributed by atoms with van der Waals surface area (Å²) in [5.41, 5.74) is 8.08. The Labute approximate surface area is 246 Å². The number of hydrogen-bond acceptors (Lipinski definition) is 5. The van der Waals surface area contributed by atoms with Gasteiger partial charge in [0.25, 0.3) is 0 Å². The molecule has 0 aliphatic heterocycles. The molecule has 0 aliphatic carbocycles. The highest BCUT2D eigenvalue weighted by Crippen LogP contribution is 2.39. The minimum absolute atomic E-state index is 0.0339. The number of hydrogen-bond donors (Lipinski definition) is 3. The molecule has 4 aromatic carbocycles. The van der Waals surface area contributed by atoms with Crippen molar-refractivity contribution in [2.75, 3.05) is 34.0 Å². The number of aliphatic hydroxyl groups excluding tert-OH is 2. The van der Waals surface area contributed by atoms with Crippen LogP contribution in [0.4, 0.5) is 8.78 Å². The van der Waals surface area contributed by atoms with Crippen LogP contribution >= 0.6 is 0 Å². The Balaban J connectivity index is 1.75. The van der Waals surface area contributed by atoms with E-state index in [2.05, 4.69) is 5.32 Å². The van der Waals surface area contributed by atoms with Crippen LogP contribution in [0.3, 0.4) is 0 Å². The first-order valence-electron chi connectivity index (χ1n) is 14.2. The first kappa shape index (κ1) is 31.2. The summed E-state index contributed by atoms with van der Waals surface area (Å²) < 4.78 is 41.6. The number of ether oxygens (including phenoxy) is 2. The Hall–Kier alpha value is -3.78. The lowest BCUT2D eigenvalue weighted by Crippen LogP contribution is -2.18. The second-order valence-corrected chi connectivity index (χ2v) is 10.3. The van der Waals surface area contributed by atoms with E-state index >= 15 is 8.78 Å². The van der Waals surface area contributed by atoms with Gasteiger partial charge in [-0.2, -0.15) is 0 Å². The monoisotopic (exact) mass is 575 g/mol. The van der Waals surface area contributed by atoms with Gasteiger partial charge < -0.3 is 25.0 Å². The third kappa shape index (κ3) is 6.65. The first-order valence-corrected chi connectivity index (χ1v) is 14.2. The highest BCUT2D eigenvalue weighted by atomic mass is 19.1. The van der Waals surface area contributed by atoms with E-state index < -0.39 is 0 Å². The van der Waals surface area contributed by atoms with Gasteiger partial charge in [0.2, 0.25) is 0 Å². The average Bonchev–Trinajstić information content (AvgIpc) is 2.99. The van der Waals surface area contributed by atoms with Gasteiger partial charge in [-0.1, -0.05) is 36.4 Å². The first-order chi connectivity index (χ1) is 20.3. The SMILES string of the molecule is COc1cc(-c2cccc(-c3cccc(-c4cc(F)c(CNCCO)c(OC)c4)c3C)c2C)cc(F)c1CCCCO. The smallest absolute Gasteiger partial charge is 0.132 e. The largest absolute Gasteiger partial charge is 0.496 e. The van der Waals surface area contributed by atoms with Crippen LogP contribution in [0.15, 0.2) is 60.7 Å². The summed E-state index contributed by atoms with van der Waals surface area (Å²) in [6, 6.07) is 18.7. The van der Waals surface area contributed by atoms with Gasteiger partial charge in [0.1, 0.15) is 23.1 Å². The standard InChI is InChI=1S/C35H39F2NO4/c1-22-26(24-17-32(36)30(9-5-6-15-39)34(19-24)41-3)10-7-12-28(22)29-13-8-11-27(23(29)2)25-18-33(37)31(21-38-14-16-40)35(20-25)42-4/h7-8,10-13,17-20,38-40H,5-6,9,14-16,21H2,1-4H3. The number of rotatable bonds is 13. The quantitative estimate of drug-likeness (QED) is 0.150. The van der Waals surface area contributed by atoms with Gasteiger partial charge in [-0.3, -0.25) is 0 Å². The van der Waals surface area contributed by atoms with Crippen molar-refractivity contribution in [3.8, 4) is 44.9 Å². The normalized spacial score (nSPS) is 11.1. The minimum Gasteiger partial charge on any atom is -0.496 e. The Morgan fingerprint density at radius 1 is 0.667 bits per heavy atom. The number of benzene rings is 4. The second-order valence-electron chi connectivity index (χ2n) is 10.3. The topological polar surface area (TPSA) is 71.0 Å². The van der Waals surface area contributed by atoms with Crippen LogP contribution < -0.4 is 14.8 Å². The van der Waals surface area contributed by atoms with Crippen molar-refractivity contribution in [1.82, 2.24) is 5.32 Å². The van der Waals surface area contributed by atoms with E-state index in [4.69, 9.17) is 19.7 Å². The zero-order valence-electron chi connectivity index (χ0n) is 24.7. The summed E-state index contributed by atoms with van der Waals surface area (Å²) in [5.74, 6) is 0.232. The van der Waals surface area contributed by atoms with Gasteiger partial charge in [0.05, 0.1) is 20.8 Å². The van der Waals surface area contributed by atoms with Crippen molar-refractivity contribution in [3.05, 3.63) is 94.6 Å². The fourth-order valence-electron chi connectivity index (χ4n) is 5.50. The Kier molecular flexibility index (Phi) is 10.7. The summed E-state index contributed by atoms with van der Waals surface area (Å²) in [5, 5.41) is 21.2. The van der Waals surface area contributed by atoms with E-state index in [1.807, 2.05) is 62.4 Å². The molecule has 0 atom stereocenters. The molecule has 0 radical (unpaired) electrons. The average molecular weight is 576 g/mol. The van der Waals surface area contributed by atoms with Gasteiger partial charge in [0.15, 0.2) is 0 Å². The molecule has 3 N–H and O–H groups in total. The molecule has 0 amide bonds. The van der Waals surface area contributed by atoms with Gasteiger partial charge >= 0.3 is 0 Å². The number of methoxy groups -OCH3 is 2. The lowest BCUT2D eigenvalue weighted by Gasteiger charge is -2.18. The van der Waals surface area contributed by atoms with E-state index in [1.165, 1.54) is 13.2 Å². The second kappa shape index (κ2) is 14.4. The lowest BCUT2D eigenvalue weighted by atomic mass is 9.87. The summed E-state index contributed by atoms with van der Waals surface area (Å²) in [7, 11) is 3.06. The molecule has 0 saturated carbocycles. The Morgan fingerprint density at radius 3 is 1.67 bits per heavy atom. The molecule has 222 valence electrons. The molecule has 0 aliphatic rings. The molecule has 7 heteroatoms. The van der Waals surface area contributed by atoms with Gasteiger partial charge in [-0.25, -0.2) is 8.78 Å². The van der Waals surface area contributed by atoms with E-state index in [-0.39, 0.29) is 31.4 Å². The maximum atomic E-state index is 15.3. The summed E-state index contributed by atoms with van der Waals surface area (Å²) in [6.45, 7) is 4.68. The highest BCUT2D eigenvalue weighted by molar-refractivity contribution is 5.84. The van der Waals surface area contributed by atoms with E-state index in [9.17, 15) is 0 Å². The van der Waals surface area contributed by atoms with Crippen LogP contribution in [-0.2, 0) is 13.0 Å². The van der Waals surface area contributed by atoms with Crippen molar-refractivity contribution >= 4 is 0 Å². The van der Waals surface area contributed by atoms with Crippen LogP contribution in [0, 0.1) is 25.5 Å². The Bertz CT molecular complexity index is 1420. The molecule has 5 nitrogen and oxygen atoms in total. The third-order valence-corrected chi connectivity index (χ3v) is 7.75. The Morgan fingerprint density at radius 2 is 1.17 bits per heavy atom. The molecule has 4 aromatic rings. The van der Waals surface area contributed by atoms with Crippen molar-refractivity contribution in [2.24, 2.45) is 0 Å². The molecule has 0 bridgehead atoms. The number of halogens is 2. The fourth-order valence-corrected chi connectivity index (χ4v) is 5.50. The predicted octanol–water partition coefficient (Wildman–Crippen LogP) is 7.00. The molecule has 4 rings (SSSR count). The van der Waals surface area contributed by atoms with Crippen LogP contribution in [0.2, 0.25) is 0 Å². The predicted molar refractivity (Wildman–Crippen MR) is 164 cm³/mol. The molecule has 42 heavy (non-hydrogen) atoms. The zero-order valence-corrected chi connectivity index (χ0v) is 24.7. The van der Waals surface area contributed by atoms with Crippen LogP contribution in [0.1, 0.15) is 35.1 Å². The molecule has 0 heterocycles. The molecule has 0 aromatic heterocycles. The summed E-state index contributed by atoms with van der Waals surface area (Å²) >= 11 is 0. The summed E-state index contributed by atoms with van der Waals surface area (Å²) in [6.07, 6.45) is 1.77. The molecule has 0 saturated heterocycles. The van der Waals surface area contributed by atoms with E-state index in [0.29, 0.717) is 54.0 Å². The zero-order chi connectivity index (χ0) is 30.2. The highest BCUT2D eigenvalue weighted by Gasteiger charge is 2.18. The molecule has 0 unspecified atom stereocenters. The minimum atomic E-state index is -0.381. The van der Waals surface area contributed by atoms with Crippen molar-refractivity contribution in [3.63, 3.8) is 0 Å². The van der Waals surface area contributed by atoms with Crippen LogP contribution in [0.5, 0.6) is 11.5 Å². The lowest BCUT2D eigenvalue weighted by molar-refractivity contribution is 0.284. The molecule has 0 spiro atoms. The fraction of sp³-hybridized carbons (Fsp3) is 0.314. The molecule has 0 fully saturated rings. The number of unbranched alkanes of at least 4 members (excludes halogenated alkanes) is 1. The van der Waals surface area contributed by atoms with Gasteiger partial charge in [-0.05, 0) is 102 Å². The van der Waals surface area contributed by atoms with Crippen molar-refractivity contribution < 1.29 is 28.5 Å². The van der Waals surface area contributed by atoms with Crippen molar-refractivity contribution in [2.45, 2.75) is 39.7 Å². The molecular weight excluding hydrogens is 536 g/mol. The van der Waals surface area contributed by atoms with Crippen LogP contribution in [-0.4, -0.2) is 44.2 Å². The maximum absolute atomic E-state index is 15.3. The number of nitrogens with one attached hydrogen (secondary N) is 1. The van der Waals surface area contributed by atoms with E-state index in [0.717, 1.165) is 38.9 Å². The van der Waals surface area contributed by atoms with E-state index in [1.54, 1.807) is 13.2 Å². The van der Waals surface area contributed by atoms with Gasteiger partial charge in [-0.15, -0.1) is 0 Å². The van der Waals surface area contributed by atoms with Crippen LogP contribution in [0.25, 0.3) is 33.4 Å². The number of aliphatic hydroxyl groups is 2. The summed E-state index contributed by atoms with van der Waals surface area (Å²) in [4.78, 5) is 0. The third-order valence-electron chi connectivity index (χ3n) is 7.75. The maximum Gasteiger partial charge on any atom is 0.132 e.